The number of rotatable bonds is 7. The van der Waals surface area contributed by atoms with Crippen LogP contribution in [-0.2, 0) is 6.42 Å². The molecular formula is C19H32N2. The van der Waals surface area contributed by atoms with Gasteiger partial charge in [-0.3, -0.25) is 0 Å². The van der Waals surface area contributed by atoms with Crippen LogP contribution in [0.15, 0.2) is 24.3 Å². The topological polar surface area (TPSA) is 29.3 Å². The van der Waals surface area contributed by atoms with Crippen molar-refractivity contribution in [1.82, 2.24) is 4.90 Å². The standard InChI is InChI=1S/C19H32N2/c1-4-5-17-10-11-21(13-17)14-19(20)18-8-6-16(7-9-18)12-15(2)3/h6-9,15,17,19H,4-5,10-14,20H2,1-3H3. The highest BCUT2D eigenvalue weighted by atomic mass is 15.2. The molecular weight excluding hydrogens is 256 g/mol. The predicted molar refractivity (Wildman–Crippen MR) is 91.4 cm³/mol. The van der Waals surface area contributed by atoms with Gasteiger partial charge in [0.2, 0.25) is 0 Å². The van der Waals surface area contributed by atoms with Gasteiger partial charge in [0.15, 0.2) is 0 Å². The molecule has 1 heterocycles. The van der Waals surface area contributed by atoms with Gasteiger partial charge in [-0.2, -0.15) is 0 Å². The fourth-order valence-corrected chi connectivity index (χ4v) is 3.48. The highest BCUT2D eigenvalue weighted by Crippen LogP contribution is 2.23. The molecule has 2 rings (SSSR count). The number of hydrogen-bond acceptors (Lipinski definition) is 2. The van der Waals surface area contributed by atoms with E-state index in [-0.39, 0.29) is 6.04 Å². The van der Waals surface area contributed by atoms with Crippen molar-refractivity contribution in [2.45, 2.75) is 52.5 Å². The van der Waals surface area contributed by atoms with Gasteiger partial charge in [-0.1, -0.05) is 51.5 Å². The van der Waals surface area contributed by atoms with Gasteiger partial charge in [-0.05, 0) is 48.8 Å². The Hall–Kier alpha value is -0.860. The average molecular weight is 288 g/mol. The summed E-state index contributed by atoms with van der Waals surface area (Å²) < 4.78 is 0. The second-order valence-corrected chi connectivity index (χ2v) is 7.15. The molecule has 118 valence electrons. The molecule has 2 unspecified atom stereocenters. The first-order chi connectivity index (χ1) is 10.1. The Morgan fingerprint density at radius 2 is 1.95 bits per heavy atom. The fraction of sp³-hybridized carbons (Fsp3) is 0.684. The summed E-state index contributed by atoms with van der Waals surface area (Å²) >= 11 is 0. The molecule has 0 spiro atoms. The summed E-state index contributed by atoms with van der Waals surface area (Å²) in [4.78, 5) is 2.55. The minimum Gasteiger partial charge on any atom is -0.323 e. The van der Waals surface area contributed by atoms with E-state index in [0.29, 0.717) is 5.92 Å². The van der Waals surface area contributed by atoms with Crippen LogP contribution >= 0.6 is 0 Å². The molecule has 0 amide bonds. The lowest BCUT2D eigenvalue weighted by Crippen LogP contribution is -2.30. The van der Waals surface area contributed by atoms with Crippen LogP contribution in [0.4, 0.5) is 0 Å². The van der Waals surface area contributed by atoms with Crippen LogP contribution in [0.1, 0.15) is 57.2 Å². The molecule has 0 aromatic heterocycles. The summed E-state index contributed by atoms with van der Waals surface area (Å²) in [5.74, 6) is 1.61. The van der Waals surface area contributed by atoms with Gasteiger partial charge in [-0.15, -0.1) is 0 Å². The van der Waals surface area contributed by atoms with Gasteiger partial charge in [0.25, 0.3) is 0 Å². The number of hydrogen-bond donors (Lipinski definition) is 1. The highest BCUT2D eigenvalue weighted by Gasteiger charge is 2.23. The lowest BCUT2D eigenvalue weighted by molar-refractivity contribution is 0.300. The second kappa shape index (κ2) is 7.95. The first-order valence-corrected chi connectivity index (χ1v) is 8.65. The van der Waals surface area contributed by atoms with Crippen LogP contribution in [0, 0.1) is 11.8 Å². The largest absolute Gasteiger partial charge is 0.323 e. The third-order valence-corrected chi connectivity index (χ3v) is 4.57. The van der Waals surface area contributed by atoms with Crippen molar-refractivity contribution in [1.29, 1.82) is 0 Å². The van der Waals surface area contributed by atoms with Crippen molar-refractivity contribution in [3.8, 4) is 0 Å². The van der Waals surface area contributed by atoms with E-state index in [4.69, 9.17) is 5.73 Å². The van der Waals surface area contributed by atoms with E-state index in [1.54, 1.807) is 0 Å². The number of benzene rings is 1. The molecule has 0 bridgehead atoms. The van der Waals surface area contributed by atoms with Gasteiger partial charge in [-0.25, -0.2) is 0 Å². The Labute approximate surface area is 130 Å². The Morgan fingerprint density at radius 1 is 1.24 bits per heavy atom. The summed E-state index contributed by atoms with van der Waals surface area (Å²) in [6, 6.07) is 9.10. The quantitative estimate of drug-likeness (QED) is 0.821. The van der Waals surface area contributed by atoms with Gasteiger partial charge < -0.3 is 10.6 Å². The van der Waals surface area contributed by atoms with Crippen molar-refractivity contribution in [2.24, 2.45) is 17.6 Å². The Kier molecular flexibility index (Phi) is 6.25. The second-order valence-electron chi connectivity index (χ2n) is 7.15. The van der Waals surface area contributed by atoms with Crippen molar-refractivity contribution >= 4 is 0 Å². The van der Waals surface area contributed by atoms with Crippen molar-refractivity contribution in [2.75, 3.05) is 19.6 Å². The third kappa shape index (κ3) is 5.12. The van der Waals surface area contributed by atoms with Crippen molar-refractivity contribution in [3.05, 3.63) is 35.4 Å². The van der Waals surface area contributed by atoms with E-state index in [2.05, 4.69) is 49.9 Å². The Bertz CT molecular complexity index is 410. The summed E-state index contributed by atoms with van der Waals surface area (Å²) in [6.45, 7) is 10.3. The molecule has 0 saturated carbocycles. The molecule has 21 heavy (non-hydrogen) atoms. The van der Waals surface area contributed by atoms with Gasteiger partial charge in [0.1, 0.15) is 0 Å². The van der Waals surface area contributed by atoms with E-state index < -0.39 is 0 Å². The minimum atomic E-state index is 0.151. The lowest BCUT2D eigenvalue weighted by atomic mass is 9.99. The first kappa shape index (κ1) is 16.5. The van der Waals surface area contributed by atoms with Crippen LogP contribution in [0.5, 0.6) is 0 Å². The number of nitrogens with two attached hydrogens (primary N) is 1. The fourth-order valence-electron chi connectivity index (χ4n) is 3.48. The summed E-state index contributed by atoms with van der Waals surface area (Å²) in [5, 5.41) is 0. The van der Waals surface area contributed by atoms with Gasteiger partial charge in [0, 0.05) is 19.1 Å². The minimum absolute atomic E-state index is 0.151. The molecule has 2 atom stereocenters. The van der Waals surface area contributed by atoms with E-state index >= 15 is 0 Å². The van der Waals surface area contributed by atoms with Gasteiger partial charge in [0.05, 0.1) is 0 Å². The average Bonchev–Trinajstić information content (AvgIpc) is 2.86. The lowest BCUT2D eigenvalue weighted by Gasteiger charge is -2.21. The number of likely N-dealkylation sites (tertiary alicyclic amines) is 1. The molecule has 0 radical (unpaired) electrons. The molecule has 1 fully saturated rings. The van der Waals surface area contributed by atoms with E-state index in [1.807, 2.05) is 0 Å². The molecule has 1 aliphatic rings. The van der Waals surface area contributed by atoms with Gasteiger partial charge >= 0.3 is 0 Å². The number of nitrogens with zero attached hydrogens (tertiary/aromatic N) is 1. The maximum Gasteiger partial charge on any atom is 0.0424 e. The monoisotopic (exact) mass is 288 g/mol. The maximum atomic E-state index is 6.40. The van der Waals surface area contributed by atoms with E-state index in [0.717, 1.165) is 18.9 Å². The van der Waals surface area contributed by atoms with Crippen molar-refractivity contribution < 1.29 is 0 Å². The zero-order valence-corrected chi connectivity index (χ0v) is 14.0. The summed E-state index contributed by atoms with van der Waals surface area (Å²) in [7, 11) is 0. The zero-order valence-electron chi connectivity index (χ0n) is 14.0. The normalized spacial score (nSPS) is 21.1. The third-order valence-electron chi connectivity index (χ3n) is 4.57. The summed E-state index contributed by atoms with van der Waals surface area (Å²) in [6.07, 6.45) is 5.19. The molecule has 1 aromatic carbocycles. The first-order valence-electron chi connectivity index (χ1n) is 8.65. The van der Waals surface area contributed by atoms with Crippen LogP contribution in [0.3, 0.4) is 0 Å². The molecule has 1 saturated heterocycles. The molecule has 2 N–H and O–H groups in total. The Balaban J connectivity index is 1.84. The van der Waals surface area contributed by atoms with E-state index in [1.165, 1.54) is 43.5 Å². The Morgan fingerprint density at radius 3 is 2.57 bits per heavy atom. The van der Waals surface area contributed by atoms with Crippen molar-refractivity contribution in [3.63, 3.8) is 0 Å². The molecule has 1 aliphatic heterocycles. The molecule has 1 aromatic rings. The maximum absolute atomic E-state index is 6.40. The SMILES string of the molecule is CCCC1CCN(CC(N)c2ccc(CC(C)C)cc2)C1. The smallest absolute Gasteiger partial charge is 0.0424 e. The molecule has 2 heteroatoms. The van der Waals surface area contributed by atoms with E-state index in [9.17, 15) is 0 Å². The zero-order chi connectivity index (χ0) is 15.2. The van der Waals surface area contributed by atoms with Crippen LogP contribution in [0.2, 0.25) is 0 Å². The highest BCUT2D eigenvalue weighted by molar-refractivity contribution is 5.25. The van der Waals surface area contributed by atoms with Crippen LogP contribution < -0.4 is 5.73 Å². The predicted octanol–water partition coefficient (Wildman–Crippen LogP) is 4.01. The van der Waals surface area contributed by atoms with Crippen LogP contribution in [0.25, 0.3) is 0 Å². The summed E-state index contributed by atoms with van der Waals surface area (Å²) in [5.41, 5.74) is 9.10. The molecule has 2 nitrogen and oxygen atoms in total. The van der Waals surface area contributed by atoms with Crippen LogP contribution in [-0.4, -0.2) is 24.5 Å². The molecule has 0 aliphatic carbocycles.